The van der Waals surface area contributed by atoms with Crippen LogP contribution in [0.4, 0.5) is 5.69 Å². The van der Waals surface area contributed by atoms with Crippen LogP contribution in [0, 0.1) is 24.0 Å². The molecule has 94 valence electrons. The molecule has 2 aromatic rings. The summed E-state index contributed by atoms with van der Waals surface area (Å²) in [7, 11) is 1.45. The second kappa shape index (κ2) is 4.42. The molecule has 0 bridgehead atoms. The SMILES string of the molecule is COc1cc([N+](=O)[O-])cc2c(Cl)c(C)c(C)nc12. The molecule has 0 atom stereocenters. The maximum atomic E-state index is 10.9. The zero-order chi connectivity index (χ0) is 13.4. The zero-order valence-electron chi connectivity index (χ0n) is 10.2. The van der Waals surface area contributed by atoms with Crippen LogP contribution in [0.3, 0.4) is 0 Å². The number of benzene rings is 1. The molecule has 1 heterocycles. The summed E-state index contributed by atoms with van der Waals surface area (Å²) < 4.78 is 5.14. The lowest BCUT2D eigenvalue weighted by atomic mass is 10.1. The van der Waals surface area contributed by atoms with Gasteiger partial charge in [-0.15, -0.1) is 0 Å². The van der Waals surface area contributed by atoms with Gasteiger partial charge in [-0.3, -0.25) is 10.1 Å². The second-order valence-electron chi connectivity index (χ2n) is 3.94. The Hall–Kier alpha value is -1.88. The first-order valence-corrected chi connectivity index (χ1v) is 5.62. The third kappa shape index (κ3) is 1.86. The van der Waals surface area contributed by atoms with E-state index in [-0.39, 0.29) is 5.69 Å². The van der Waals surface area contributed by atoms with E-state index in [0.717, 1.165) is 11.3 Å². The van der Waals surface area contributed by atoms with Gasteiger partial charge in [0.05, 0.1) is 23.1 Å². The molecular weight excluding hydrogens is 256 g/mol. The smallest absolute Gasteiger partial charge is 0.273 e. The van der Waals surface area contributed by atoms with Gasteiger partial charge in [-0.2, -0.15) is 0 Å². The summed E-state index contributed by atoms with van der Waals surface area (Å²) in [6.07, 6.45) is 0. The van der Waals surface area contributed by atoms with E-state index in [9.17, 15) is 10.1 Å². The molecule has 0 amide bonds. The molecular formula is C12H11ClN2O3. The summed E-state index contributed by atoms with van der Waals surface area (Å²) in [6.45, 7) is 3.66. The minimum absolute atomic E-state index is 0.0636. The number of non-ortho nitro benzene ring substituents is 1. The van der Waals surface area contributed by atoms with Crippen molar-refractivity contribution in [3.8, 4) is 5.75 Å². The molecule has 0 fully saturated rings. The van der Waals surface area contributed by atoms with Crippen LogP contribution >= 0.6 is 11.6 Å². The number of ether oxygens (including phenoxy) is 1. The molecule has 6 heteroatoms. The van der Waals surface area contributed by atoms with Gasteiger partial charge in [-0.25, -0.2) is 4.98 Å². The van der Waals surface area contributed by atoms with Crippen molar-refractivity contribution in [1.29, 1.82) is 0 Å². The predicted molar refractivity (Wildman–Crippen MR) is 69.4 cm³/mol. The van der Waals surface area contributed by atoms with Crippen molar-refractivity contribution in [2.75, 3.05) is 7.11 Å². The number of fused-ring (bicyclic) bond motifs is 1. The van der Waals surface area contributed by atoms with Crippen molar-refractivity contribution in [1.82, 2.24) is 4.98 Å². The summed E-state index contributed by atoms with van der Waals surface area (Å²) in [5.41, 5.74) is 2.06. The van der Waals surface area contributed by atoms with Gasteiger partial charge in [-0.1, -0.05) is 11.6 Å². The van der Waals surface area contributed by atoms with Gasteiger partial charge in [-0.05, 0) is 19.4 Å². The molecule has 0 spiro atoms. The van der Waals surface area contributed by atoms with E-state index in [2.05, 4.69) is 4.98 Å². The number of hydrogen-bond donors (Lipinski definition) is 0. The minimum atomic E-state index is -0.479. The van der Waals surface area contributed by atoms with Crippen LogP contribution < -0.4 is 4.74 Å². The van der Waals surface area contributed by atoms with Gasteiger partial charge in [0.25, 0.3) is 5.69 Å². The summed E-state index contributed by atoms with van der Waals surface area (Å²) in [5, 5.41) is 11.9. The normalized spacial score (nSPS) is 10.7. The van der Waals surface area contributed by atoms with Crippen molar-refractivity contribution in [3.63, 3.8) is 0 Å². The number of halogens is 1. The Morgan fingerprint density at radius 2 is 2.06 bits per heavy atom. The summed E-state index contributed by atoms with van der Waals surface area (Å²) >= 11 is 6.22. The predicted octanol–water partition coefficient (Wildman–Crippen LogP) is 3.42. The van der Waals surface area contributed by atoms with E-state index in [1.54, 1.807) is 0 Å². The van der Waals surface area contributed by atoms with Crippen LogP contribution in [0.1, 0.15) is 11.3 Å². The Morgan fingerprint density at radius 1 is 1.39 bits per heavy atom. The van der Waals surface area contributed by atoms with E-state index in [4.69, 9.17) is 16.3 Å². The van der Waals surface area contributed by atoms with Crippen LogP contribution in [0.2, 0.25) is 5.02 Å². The molecule has 0 saturated carbocycles. The van der Waals surface area contributed by atoms with Crippen molar-refractivity contribution >= 4 is 28.2 Å². The molecule has 2 rings (SSSR count). The maximum absolute atomic E-state index is 10.9. The number of aryl methyl sites for hydroxylation is 1. The molecule has 1 aromatic carbocycles. The average Bonchev–Trinajstić information content (AvgIpc) is 2.35. The highest BCUT2D eigenvalue weighted by Gasteiger charge is 2.17. The summed E-state index contributed by atoms with van der Waals surface area (Å²) in [6, 6.07) is 2.76. The number of pyridine rings is 1. The summed E-state index contributed by atoms with van der Waals surface area (Å²) in [5.74, 6) is 0.351. The van der Waals surface area contributed by atoms with Gasteiger partial charge >= 0.3 is 0 Å². The lowest BCUT2D eigenvalue weighted by Crippen LogP contribution is -1.96. The number of hydrogen-bond acceptors (Lipinski definition) is 4. The number of nitro groups is 1. The highest BCUT2D eigenvalue weighted by Crippen LogP contribution is 2.35. The quantitative estimate of drug-likeness (QED) is 0.617. The standard InChI is InChI=1S/C12H11ClN2O3/c1-6-7(2)14-12-9(11(6)13)4-8(15(16)17)5-10(12)18-3/h4-5H,1-3H3. The Labute approximate surface area is 108 Å². The molecule has 0 N–H and O–H groups in total. The van der Waals surface area contributed by atoms with Crippen LogP contribution in [0.5, 0.6) is 5.75 Å². The Kier molecular flexibility index (Phi) is 3.09. The third-order valence-electron chi connectivity index (χ3n) is 2.88. The fourth-order valence-corrected chi connectivity index (χ4v) is 2.03. The first kappa shape index (κ1) is 12.6. The molecule has 0 aliphatic rings. The number of nitro benzene ring substituents is 1. The average molecular weight is 267 g/mol. The molecule has 0 aliphatic carbocycles. The molecule has 0 unspecified atom stereocenters. The fraction of sp³-hybridized carbons (Fsp3) is 0.250. The van der Waals surface area contributed by atoms with E-state index in [1.807, 2.05) is 13.8 Å². The van der Waals surface area contributed by atoms with Crippen molar-refractivity contribution in [3.05, 3.63) is 38.5 Å². The largest absolute Gasteiger partial charge is 0.494 e. The van der Waals surface area contributed by atoms with E-state index >= 15 is 0 Å². The van der Waals surface area contributed by atoms with Crippen LogP contribution in [0.15, 0.2) is 12.1 Å². The first-order valence-electron chi connectivity index (χ1n) is 5.24. The third-order valence-corrected chi connectivity index (χ3v) is 3.37. The zero-order valence-corrected chi connectivity index (χ0v) is 10.9. The molecule has 0 radical (unpaired) electrons. The second-order valence-corrected chi connectivity index (χ2v) is 4.32. The van der Waals surface area contributed by atoms with Gasteiger partial charge in [0.2, 0.25) is 0 Å². The van der Waals surface area contributed by atoms with Gasteiger partial charge < -0.3 is 4.74 Å². The van der Waals surface area contributed by atoms with Crippen LogP contribution in [-0.2, 0) is 0 Å². The lowest BCUT2D eigenvalue weighted by molar-refractivity contribution is -0.384. The van der Waals surface area contributed by atoms with Gasteiger partial charge in [0.1, 0.15) is 5.52 Å². The van der Waals surface area contributed by atoms with E-state index in [0.29, 0.717) is 21.7 Å². The Bertz CT molecular complexity index is 656. The topological polar surface area (TPSA) is 65.3 Å². The van der Waals surface area contributed by atoms with Crippen molar-refractivity contribution in [2.45, 2.75) is 13.8 Å². The molecule has 1 aromatic heterocycles. The monoisotopic (exact) mass is 266 g/mol. The molecule has 18 heavy (non-hydrogen) atoms. The number of aromatic nitrogens is 1. The molecule has 5 nitrogen and oxygen atoms in total. The molecule has 0 saturated heterocycles. The van der Waals surface area contributed by atoms with Gasteiger partial charge in [0, 0.05) is 17.1 Å². The lowest BCUT2D eigenvalue weighted by Gasteiger charge is -2.10. The van der Waals surface area contributed by atoms with E-state index < -0.39 is 4.92 Å². The minimum Gasteiger partial charge on any atom is -0.494 e. The number of methoxy groups -OCH3 is 1. The highest BCUT2D eigenvalue weighted by atomic mass is 35.5. The van der Waals surface area contributed by atoms with Crippen molar-refractivity contribution in [2.24, 2.45) is 0 Å². The Morgan fingerprint density at radius 3 is 2.61 bits per heavy atom. The molecule has 0 aliphatic heterocycles. The fourth-order valence-electron chi connectivity index (χ4n) is 1.75. The van der Waals surface area contributed by atoms with E-state index in [1.165, 1.54) is 19.2 Å². The first-order chi connectivity index (χ1) is 8.45. The number of nitrogens with zero attached hydrogens (tertiary/aromatic N) is 2. The highest BCUT2D eigenvalue weighted by molar-refractivity contribution is 6.36. The van der Waals surface area contributed by atoms with Crippen molar-refractivity contribution < 1.29 is 9.66 Å². The Balaban J connectivity index is 2.92. The number of rotatable bonds is 2. The van der Waals surface area contributed by atoms with Crippen LogP contribution in [0.25, 0.3) is 10.9 Å². The van der Waals surface area contributed by atoms with Crippen LogP contribution in [-0.4, -0.2) is 17.0 Å². The summed E-state index contributed by atoms with van der Waals surface area (Å²) in [4.78, 5) is 14.8. The van der Waals surface area contributed by atoms with Gasteiger partial charge in [0.15, 0.2) is 5.75 Å². The maximum Gasteiger partial charge on any atom is 0.273 e.